The maximum Gasteiger partial charge on any atom is 0.271 e. The molecule has 1 aliphatic carbocycles. The van der Waals surface area contributed by atoms with Crippen LogP contribution in [-0.2, 0) is 11.2 Å². The first-order chi connectivity index (χ1) is 11.1. The van der Waals surface area contributed by atoms with Crippen molar-refractivity contribution in [3.8, 4) is 0 Å². The molecule has 1 aromatic rings. The second-order valence-corrected chi connectivity index (χ2v) is 6.63. The maximum atomic E-state index is 12.4. The van der Waals surface area contributed by atoms with E-state index < -0.39 is 0 Å². The highest BCUT2D eigenvalue weighted by molar-refractivity contribution is 5.93. The van der Waals surface area contributed by atoms with Crippen molar-refractivity contribution in [1.29, 1.82) is 0 Å². The topological polar surface area (TPSA) is 75.2 Å². The predicted molar refractivity (Wildman–Crippen MR) is 85.8 cm³/mol. The van der Waals surface area contributed by atoms with Crippen LogP contribution in [0.5, 0.6) is 0 Å². The lowest BCUT2D eigenvalue weighted by Crippen LogP contribution is -2.41. The first kappa shape index (κ1) is 15.9. The van der Waals surface area contributed by atoms with Crippen LogP contribution in [0.15, 0.2) is 12.4 Å². The van der Waals surface area contributed by atoms with Crippen LogP contribution in [0, 0.1) is 5.92 Å². The van der Waals surface area contributed by atoms with E-state index in [1.807, 2.05) is 4.90 Å². The Labute approximate surface area is 136 Å². The number of piperidine rings is 1. The van der Waals surface area contributed by atoms with Crippen molar-refractivity contribution < 1.29 is 9.59 Å². The molecule has 0 spiro atoms. The standard InChI is InChI=1S/C17H24N4O2/c1-12(22)21-9-3-4-13(11-21)10-15-16(19-8-7-18-15)17(23)20-14-5-2-6-14/h7-8,13-14H,2-6,9-11H2,1H3,(H,20,23). The molecule has 1 unspecified atom stereocenters. The lowest BCUT2D eigenvalue weighted by molar-refractivity contribution is -0.130. The molecule has 23 heavy (non-hydrogen) atoms. The molecule has 0 bridgehead atoms. The molecular weight excluding hydrogens is 292 g/mol. The summed E-state index contributed by atoms with van der Waals surface area (Å²) in [6.07, 6.45) is 9.27. The van der Waals surface area contributed by atoms with Crippen LogP contribution < -0.4 is 5.32 Å². The summed E-state index contributed by atoms with van der Waals surface area (Å²) in [7, 11) is 0. The molecule has 2 heterocycles. The third-order valence-corrected chi connectivity index (χ3v) is 4.88. The fourth-order valence-corrected chi connectivity index (χ4v) is 3.30. The zero-order valence-electron chi connectivity index (χ0n) is 13.6. The number of carbonyl (C=O) groups excluding carboxylic acids is 2. The van der Waals surface area contributed by atoms with Gasteiger partial charge in [-0.05, 0) is 44.4 Å². The van der Waals surface area contributed by atoms with Gasteiger partial charge in [-0.3, -0.25) is 14.6 Å². The summed E-state index contributed by atoms with van der Waals surface area (Å²) in [6.45, 7) is 3.19. The van der Waals surface area contributed by atoms with Gasteiger partial charge in [0.2, 0.25) is 5.91 Å². The molecule has 1 aromatic heterocycles. The second kappa shape index (κ2) is 7.06. The molecule has 1 saturated heterocycles. The van der Waals surface area contributed by atoms with Gasteiger partial charge in [0.1, 0.15) is 5.69 Å². The van der Waals surface area contributed by atoms with Gasteiger partial charge < -0.3 is 10.2 Å². The van der Waals surface area contributed by atoms with E-state index in [1.165, 1.54) is 6.42 Å². The largest absolute Gasteiger partial charge is 0.348 e. The first-order valence-electron chi connectivity index (χ1n) is 8.49. The van der Waals surface area contributed by atoms with Crippen LogP contribution in [0.25, 0.3) is 0 Å². The van der Waals surface area contributed by atoms with E-state index in [2.05, 4.69) is 15.3 Å². The van der Waals surface area contributed by atoms with Gasteiger partial charge in [0.25, 0.3) is 5.91 Å². The van der Waals surface area contributed by atoms with Crippen LogP contribution in [-0.4, -0.2) is 45.8 Å². The van der Waals surface area contributed by atoms with Crippen LogP contribution in [0.2, 0.25) is 0 Å². The smallest absolute Gasteiger partial charge is 0.271 e. The van der Waals surface area contributed by atoms with Crippen molar-refractivity contribution in [2.45, 2.75) is 51.5 Å². The van der Waals surface area contributed by atoms with Gasteiger partial charge in [0.05, 0.1) is 5.69 Å². The summed E-state index contributed by atoms with van der Waals surface area (Å²) >= 11 is 0. The van der Waals surface area contributed by atoms with Gasteiger partial charge >= 0.3 is 0 Å². The minimum absolute atomic E-state index is 0.114. The Morgan fingerprint density at radius 3 is 2.70 bits per heavy atom. The zero-order valence-corrected chi connectivity index (χ0v) is 13.6. The molecular formula is C17H24N4O2. The van der Waals surface area contributed by atoms with E-state index in [0.29, 0.717) is 24.1 Å². The zero-order chi connectivity index (χ0) is 16.2. The highest BCUT2D eigenvalue weighted by Gasteiger charge is 2.26. The molecule has 1 N–H and O–H groups in total. The Morgan fingerprint density at radius 2 is 2.00 bits per heavy atom. The van der Waals surface area contributed by atoms with E-state index in [0.717, 1.165) is 44.5 Å². The number of carbonyl (C=O) groups is 2. The molecule has 6 nitrogen and oxygen atoms in total. The average molecular weight is 316 g/mol. The third-order valence-electron chi connectivity index (χ3n) is 4.88. The fraction of sp³-hybridized carbons (Fsp3) is 0.647. The summed E-state index contributed by atoms with van der Waals surface area (Å²) < 4.78 is 0. The number of nitrogens with zero attached hydrogens (tertiary/aromatic N) is 3. The van der Waals surface area contributed by atoms with Gasteiger partial charge in [-0.15, -0.1) is 0 Å². The molecule has 2 fully saturated rings. The highest BCUT2D eigenvalue weighted by atomic mass is 16.2. The summed E-state index contributed by atoms with van der Waals surface area (Å²) in [5, 5.41) is 3.03. The molecule has 2 amide bonds. The number of rotatable bonds is 4. The molecule has 2 aliphatic rings. The normalized spacial score (nSPS) is 21.6. The Morgan fingerprint density at radius 1 is 1.22 bits per heavy atom. The van der Waals surface area contributed by atoms with Crippen molar-refractivity contribution in [1.82, 2.24) is 20.2 Å². The van der Waals surface area contributed by atoms with Crippen LogP contribution in [0.4, 0.5) is 0 Å². The monoisotopic (exact) mass is 316 g/mol. The SMILES string of the molecule is CC(=O)N1CCCC(Cc2nccnc2C(=O)NC2CCC2)C1. The molecule has 1 saturated carbocycles. The van der Waals surface area contributed by atoms with Gasteiger partial charge in [-0.25, -0.2) is 4.98 Å². The first-order valence-corrected chi connectivity index (χ1v) is 8.49. The van der Waals surface area contributed by atoms with Crippen molar-refractivity contribution in [2.75, 3.05) is 13.1 Å². The van der Waals surface area contributed by atoms with Gasteiger partial charge in [-0.1, -0.05) is 0 Å². The molecule has 6 heteroatoms. The van der Waals surface area contributed by atoms with E-state index in [-0.39, 0.29) is 11.8 Å². The second-order valence-electron chi connectivity index (χ2n) is 6.63. The van der Waals surface area contributed by atoms with E-state index in [1.54, 1.807) is 19.3 Å². The highest BCUT2D eigenvalue weighted by Crippen LogP contribution is 2.22. The number of aromatic nitrogens is 2. The van der Waals surface area contributed by atoms with Crippen LogP contribution in [0.1, 0.15) is 55.2 Å². The van der Waals surface area contributed by atoms with Crippen LogP contribution >= 0.6 is 0 Å². The Bertz CT molecular complexity index is 586. The van der Waals surface area contributed by atoms with Crippen molar-refractivity contribution in [3.63, 3.8) is 0 Å². The van der Waals surface area contributed by atoms with Gasteiger partial charge in [0, 0.05) is 38.4 Å². The Kier molecular flexibility index (Phi) is 4.88. The number of hydrogen-bond acceptors (Lipinski definition) is 4. The molecule has 0 aromatic carbocycles. The van der Waals surface area contributed by atoms with Crippen molar-refractivity contribution >= 4 is 11.8 Å². The number of hydrogen-bond donors (Lipinski definition) is 1. The molecule has 1 atom stereocenters. The molecule has 1 aliphatic heterocycles. The minimum atomic E-state index is -0.114. The minimum Gasteiger partial charge on any atom is -0.348 e. The molecule has 3 rings (SSSR count). The lowest BCUT2D eigenvalue weighted by atomic mass is 9.91. The van der Waals surface area contributed by atoms with Crippen molar-refractivity contribution in [3.05, 3.63) is 23.8 Å². The Hall–Kier alpha value is -1.98. The average Bonchev–Trinajstić information content (AvgIpc) is 2.51. The number of nitrogens with one attached hydrogen (secondary N) is 1. The quantitative estimate of drug-likeness (QED) is 0.914. The fourth-order valence-electron chi connectivity index (χ4n) is 3.30. The van der Waals surface area contributed by atoms with Gasteiger partial charge in [0.15, 0.2) is 0 Å². The van der Waals surface area contributed by atoms with E-state index in [9.17, 15) is 9.59 Å². The van der Waals surface area contributed by atoms with Crippen molar-refractivity contribution in [2.24, 2.45) is 5.92 Å². The summed E-state index contributed by atoms with van der Waals surface area (Å²) in [5.74, 6) is 0.355. The summed E-state index contributed by atoms with van der Waals surface area (Å²) in [6, 6.07) is 0.292. The molecule has 0 radical (unpaired) electrons. The van der Waals surface area contributed by atoms with E-state index >= 15 is 0 Å². The summed E-state index contributed by atoms with van der Waals surface area (Å²) in [5.41, 5.74) is 1.19. The maximum absolute atomic E-state index is 12.4. The third kappa shape index (κ3) is 3.86. The Balaban J connectivity index is 1.67. The number of likely N-dealkylation sites (tertiary alicyclic amines) is 1. The van der Waals surface area contributed by atoms with Gasteiger partial charge in [-0.2, -0.15) is 0 Å². The molecule has 124 valence electrons. The summed E-state index contributed by atoms with van der Waals surface area (Å²) in [4.78, 5) is 34.5. The predicted octanol–water partition coefficient (Wildman–Crippen LogP) is 1.56. The number of amides is 2. The van der Waals surface area contributed by atoms with Crippen LogP contribution in [0.3, 0.4) is 0 Å². The van der Waals surface area contributed by atoms with E-state index in [4.69, 9.17) is 0 Å². The lowest BCUT2D eigenvalue weighted by Gasteiger charge is -2.32.